The van der Waals surface area contributed by atoms with Crippen molar-refractivity contribution in [1.82, 2.24) is 4.90 Å². The van der Waals surface area contributed by atoms with Gasteiger partial charge in [-0.3, -0.25) is 14.9 Å². The predicted molar refractivity (Wildman–Crippen MR) is 80.9 cm³/mol. The van der Waals surface area contributed by atoms with Crippen molar-refractivity contribution in [3.8, 4) is 0 Å². The molecule has 2 aromatic rings. The number of amides is 1. The zero-order valence-corrected chi connectivity index (χ0v) is 13.3. The Kier molecular flexibility index (Phi) is 4.69. The molecule has 21 heavy (non-hydrogen) atoms. The molecule has 0 unspecified atom stereocenters. The molecule has 0 saturated heterocycles. The standard InChI is InChI=1S/C13H10BrFN2O3S/c1-16(6-8-4-12(14)21-7-8)13(18)10-3-2-9(15)5-11(10)17(19)20/h2-5,7H,6H2,1H3. The number of carbonyl (C=O) groups excluding carboxylic acids is 1. The summed E-state index contributed by atoms with van der Waals surface area (Å²) in [7, 11) is 1.54. The van der Waals surface area contributed by atoms with Gasteiger partial charge in [-0.25, -0.2) is 4.39 Å². The topological polar surface area (TPSA) is 63.5 Å². The maximum absolute atomic E-state index is 13.1. The van der Waals surface area contributed by atoms with E-state index in [-0.39, 0.29) is 5.56 Å². The number of nitrogens with zero attached hydrogens (tertiary/aromatic N) is 2. The fraction of sp³-hybridized carbons (Fsp3) is 0.154. The van der Waals surface area contributed by atoms with E-state index in [1.54, 1.807) is 7.05 Å². The van der Waals surface area contributed by atoms with Crippen LogP contribution in [-0.4, -0.2) is 22.8 Å². The van der Waals surface area contributed by atoms with Crippen molar-refractivity contribution in [2.75, 3.05) is 7.05 Å². The lowest BCUT2D eigenvalue weighted by atomic mass is 10.1. The van der Waals surface area contributed by atoms with Gasteiger partial charge < -0.3 is 4.90 Å². The van der Waals surface area contributed by atoms with Gasteiger partial charge in [-0.1, -0.05) is 0 Å². The number of halogens is 2. The Hall–Kier alpha value is -1.80. The molecular weight excluding hydrogens is 363 g/mol. The SMILES string of the molecule is CN(Cc1csc(Br)c1)C(=O)c1ccc(F)cc1[N+](=O)[O-]. The maximum atomic E-state index is 13.1. The number of nitro benzene ring substituents is 1. The highest BCUT2D eigenvalue weighted by molar-refractivity contribution is 9.11. The van der Waals surface area contributed by atoms with Crippen LogP contribution in [0.3, 0.4) is 0 Å². The van der Waals surface area contributed by atoms with Crippen LogP contribution in [0.5, 0.6) is 0 Å². The van der Waals surface area contributed by atoms with Gasteiger partial charge in [-0.15, -0.1) is 11.3 Å². The Labute approximate surface area is 132 Å². The summed E-state index contributed by atoms with van der Waals surface area (Å²) < 4.78 is 14.0. The third kappa shape index (κ3) is 3.64. The second kappa shape index (κ2) is 6.31. The maximum Gasteiger partial charge on any atom is 0.285 e. The van der Waals surface area contributed by atoms with E-state index in [1.165, 1.54) is 16.2 Å². The number of hydrogen-bond donors (Lipinski definition) is 0. The van der Waals surface area contributed by atoms with E-state index in [2.05, 4.69) is 15.9 Å². The van der Waals surface area contributed by atoms with Gasteiger partial charge >= 0.3 is 0 Å². The van der Waals surface area contributed by atoms with Crippen LogP contribution in [-0.2, 0) is 6.54 Å². The van der Waals surface area contributed by atoms with Crippen molar-refractivity contribution >= 4 is 38.9 Å². The fourth-order valence-corrected chi connectivity index (χ4v) is 3.02. The summed E-state index contributed by atoms with van der Waals surface area (Å²) in [4.78, 5) is 23.8. The first-order valence-corrected chi connectivity index (χ1v) is 7.48. The van der Waals surface area contributed by atoms with Gasteiger partial charge in [0.1, 0.15) is 11.4 Å². The van der Waals surface area contributed by atoms with Crippen LogP contribution in [0.25, 0.3) is 0 Å². The van der Waals surface area contributed by atoms with Crippen molar-refractivity contribution in [1.29, 1.82) is 0 Å². The molecule has 0 aliphatic carbocycles. The minimum atomic E-state index is -0.759. The van der Waals surface area contributed by atoms with Crippen LogP contribution in [0.15, 0.2) is 33.4 Å². The lowest BCUT2D eigenvalue weighted by Gasteiger charge is -2.16. The molecule has 8 heteroatoms. The van der Waals surface area contributed by atoms with Crippen LogP contribution in [0.4, 0.5) is 10.1 Å². The van der Waals surface area contributed by atoms with Gasteiger partial charge in [-0.05, 0) is 45.1 Å². The van der Waals surface area contributed by atoms with Gasteiger partial charge in [0.15, 0.2) is 0 Å². The Morgan fingerprint density at radius 3 is 2.76 bits per heavy atom. The number of rotatable bonds is 4. The van der Waals surface area contributed by atoms with Gasteiger partial charge in [0.25, 0.3) is 11.6 Å². The smallest absolute Gasteiger partial charge is 0.285 e. The Balaban J connectivity index is 2.25. The minimum Gasteiger partial charge on any atom is -0.337 e. The first-order valence-electron chi connectivity index (χ1n) is 5.81. The first-order chi connectivity index (χ1) is 9.88. The Morgan fingerprint density at radius 2 is 2.19 bits per heavy atom. The summed E-state index contributed by atoms with van der Waals surface area (Å²) in [6.45, 7) is 0.315. The van der Waals surface area contributed by atoms with Crippen molar-refractivity contribution in [3.63, 3.8) is 0 Å². The van der Waals surface area contributed by atoms with Gasteiger partial charge in [0.2, 0.25) is 0 Å². The van der Waals surface area contributed by atoms with E-state index >= 15 is 0 Å². The largest absolute Gasteiger partial charge is 0.337 e. The molecule has 5 nitrogen and oxygen atoms in total. The third-order valence-electron chi connectivity index (χ3n) is 2.78. The van der Waals surface area contributed by atoms with E-state index < -0.39 is 22.3 Å². The zero-order chi connectivity index (χ0) is 15.6. The van der Waals surface area contributed by atoms with E-state index in [0.29, 0.717) is 6.54 Å². The summed E-state index contributed by atoms with van der Waals surface area (Å²) in [6.07, 6.45) is 0. The molecular formula is C13H10BrFN2O3S. The molecule has 2 rings (SSSR count). The number of benzene rings is 1. The zero-order valence-electron chi connectivity index (χ0n) is 10.9. The van der Waals surface area contributed by atoms with Crippen LogP contribution in [0, 0.1) is 15.9 Å². The van der Waals surface area contributed by atoms with Crippen molar-refractivity contribution in [2.24, 2.45) is 0 Å². The Morgan fingerprint density at radius 1 is 1.48 bits per heavy atom. The van der Waals surface area contributed by atoms with Crippen LogP contribution < -0.4 is 0 Å². The summed E-state index contributed by atoms with van der Waals surface area (Å²) in [5.41, 5.74) is 0.254. The Bertz CT molecular complexity index is 704. The second-order valence-corrected chi connectivity index (χ2v) is 6.63. The summed E-state index contributed by atoms with van der Waals surface area (Å²) in [6, 6.07) is 4.79. The summed E-state index contributed by atoms with van der Waals surface area (Å²) in [5.74, 6) is -1.27. The van der Waals surface area contributed by atoms with E-state index in [9.17, 15) is 19.3 Å². The van der Waals surface area contributed by atoms with Crippen LogP contribution in [0.2, 0.25) is 0 Å². The van der Waals surface area contributed by atoms with E-state index in [0.717, 1.165) is 27.5 Å². The number of thiophene rings is 1. The molecule has 1 amide bonds. The molecule has 0 aliphatic rings. The molecule has 0 N–H and O–H groups in total. The molecule has 110 valence electrons. The van der Waals surface area contributed by atoms with Crippen LogP contribution in [0.1, 0.15) is 15.9 Å². The fourth-order valence-electron chi connectivity index (χ4n) is 1.82. The minimum absolute atomic E-state index is 0.127. The molecule has 0 atom stereocenters. The molecule has 1 heterocycles. The lowest BCUT2D eigenvalue weighted by molar-refractivity contribution is -0.385. The van der Waals surface area contributed by atoms with Gasteiger partial charge in [-0.2, -0.15) is 0 Å². The molecule has 0 fully saturated rings. The van der Waals surface area contributed by atoms with Crippen molar-refractivity contribution in [3.05, 3.63) is 60.5 Å². The second-order valence-electron chi connectivity index (χ2n) is 4.34. The summed E-state index contributed by atoms with van der Waals surface area (Å²) in [5, 5.41) is 12.8. The number of nitro groups is 1. The molecule has 1 aromatic heterocycles. The average molecular weight is 373 g/mol. The summed E-state index contributed by atoms with van der Waals surface area (Å²) >= 11 is 4.81. The molecule has 0 saturated carbocycles. The molecule has 1 aromatic carbocycles. The first kappa shape index (κ1) is 15.6. The van der Waals surface area contributed by atoms with Crippen molar-refractivity contribution in [2.45, 2.75) is 6.54 Å². The highest BCUT2D eigenvalue weighted by Gasteiger charge is 2.23. The quantitative estimate of drug-likeness (QED) is 0.605. The highest BCUT2D eigenvalue weighted by atomic mass is 79.9. The molecule has 0 aliphatic heterocycles. The molecule has 0 bridgehead atoms. The number of carbonyl (C=O) groups is 1. The van der Waals surface area contributed by atoms with Crippen LogP contribution >= 0.6 is 27.3 Å². The highest BCUT2D eigenvalue weighted by Crippen LogP contribution is 2.24. The van der Waals surface area contributed by atoms with Gasteiger partial charge in [0.05, 0.1) is 14.8 Å². The van der Waals surface area contributed by atoms with E-state index in [4.69, 9.17) is 0 Å². The van der Waals surface area contributed by atoms with Gasteiger partial charge in [0, 0.05) is 13.6 Å². The number of hydrogen-bond acceptors (Lipinski definition) is 4. The molecule has 0 spiro atoms. The monoisotopic (exact) mass is 372 g/mol. The lowest BCUT2D eigenvalue weighted by Crippen LogP contribution is -2.26. The average Bonchev–Trinajstić information content (AvgIpc) is 2.83. The molecule has 0 radical (unpaired) electrons. The van der Waals surface area contributed by atoms with E-state index in [1.807, 2.05) is 11.4 Å². The predicted octanol–water partition coefficient (Wildman–Crippen LogP) is 3.83. The third-order valence-corrected chi connectivity index (χ3v) is 4.33. The normalized spacial score (nSPS) is 10.4. The van der Waals surface area contributed by atoms with Crippen molar-refractivity contribution < 1.29 is 14.1 Å².